The lowest BCUT2D eigenvalue weighted by atomic mass is 9.96. The van der Waals surface area contributed by atoms with Gasteiger partial charge in [0.1, 0.15) is 6.33 Å². The maximum Gasteiger partial charge on any atom is 0.394 e. The Kier molecular flexibility index (Phi) is 4.79. The lowest BCUT2D eigenvalue weighted by molar-refractivity contribution is -0.188. The summed E-state index contributed by atoms with van der Waals surface area (Å²) in [5, 5.41) is 13.1. The monoisotopic (exact) mass is 385 g/mol. The summed E-state index contributed by atoms with van der Waals surface area (Å²) in [5.41, 5.74) is 2.18. The second-order valence-corrected chi connectivity index (χ2v) is 6.62. The molecule has 0 spiro atoms. The maximum absolute atomic E-state index is 13.1. The molecular formula is C16H18F3N5O3. The van der Waals surface area contributed by atoms with E-state index in [1.165, 1.54) is 10.8 Å². The second-order valence-electron chi connectivity index (χ2n) is 6.62. The van der Waals surface area contributed by atoms with Gasteiger partial charge in [0, 0.05) is 30.9 Å². The Hall–Kier alpha value is -2.72. The highest BCUT2D eigenvalue weighted by Gasteiger charge is 2.53. The summed E-state index contributed by atoms with van der Waals surface area (Å²) in [6.07, 6.45) is -3.07. The van der Waals surface area contributed by atoms with Crippen LogP contribution in [0.5, 0.6) is 0 Å². The summed E-state index contributed by atoms with van der Waals surface area (Å²) in [4.78, 5) is 32.8. The predicted molar refractivity (Wildman–Crippen MR) is 85.8 cm³/mol. The van der Waals surface area contributed by atoms with Gasteiger partial charge in [-0.2, -0.15) is 23.3 Å². The molecule has 0 aliphatic carbocycles. The maximum atomic E-state index is 13.1. The Morgan fingerprint density at radius 3 is 2.59 bits per heavy atom. The van der Waals surface area contributed by atoms with Crippen molar-refractivity contribution in [3.8, 4) is 0 Å². The molecule has 1 amide bonds. The lowest BCUT2D eigenvalue weighted by Gasteiger charge is -2.18. The summed E-state index contributed by atoms with van der Waals surface area (Å²) in [6, 6.07) is 0. The Morgan fingerprint density at radius 1 is 1.30 bits per heavy atom. The molecule has 1 aliphatic rings. The molecule has 1 fully saturated rings. The minimum atomic E-state index is -4.66. The van der Waals surface area contributed by atoms with Crippen LogP contribution >= 0.6 is 0 Å². The van der Waals surface area contributed by atoms with Crippen LogP contribution in [0.2, 0.25) is 0 Å². The third-order valence-corrected chi connectivity index (χ3v) is 4.99. The molecule has 146 valence electrons. The third-order valence-electron chi connectivity index (χ3n) is 4.99. The van der Waals surface area contributed by atoms with E-state index < -0.39 is 43.0 Å². The van der Waals surface area contributed by atoms with Crippen LogP contribution in [-0.2, 0) is 16.0 Å². The van der Waals surface area contributed by atoms with Crippen molar-refractivity contribution < 1.29 is 27.9 Å². The highest BCUT2D eigenvalue weighted by molar-refractivity contribution is 5.79. The van der Waals surface area contributed by atoms with E-state index in [2.05, 4.69) is 15.1 Å². The number of aryl methyl sites for hydroxylation is 2. The number of halogens is 3. The highest BCUT2D eigenvalue weighted by atomic mass is 19.4. The Morgan fingerprint density at radius 2 is 2.00 bits per heavy atom. The Labute approximate surface area is 152 Å². The molecule has 1 aliphatic heterocycles. The third kappa shape index (κ3) is 3.58. The number of hydrogen-bond donors (Lipinski definition) is 1. The molecule has 3 rings (SSSR count). The molecule has 2 atom stereocenters. The van der Waals surface area contributed by atoms with Gasteiger partial charge in [-0.05, 0) is 25.8 Å². The highest BCUT2D eigenvalue weighted by Crippen LogP contribution is 2.38. The molecule has 1 N–H and O–H groups in total. The van der Waals surface area contributed by atoms with Crippen molar-refractivity contribution in [1.82, 2.24) is 24.5 Å². The average Bonchev–Trinajstić information content (AvgIpc) is 3.20. The smallest absolute Gasteiger partial charge is 0.394 e. The van der Waals surface area contributed by atoms with Gasteiger partial charge >= 0.3 is 12.1 Å². The fraction of sp³-hybridized carbons (Fsp3) is 0.562. The first kappa shape index (κ1) is 19.1. The molecule has 1 saturated heterocycles. The molecule has 2 aromatic rings. The summed E-state index contributed by atoms with van der Waals surface area (Å²) >= 11 is 0. The van der Waals surface area contributed by atoms with E-state index in [1.807, 2.05) is 0 Å². The summed E-state index contributed by atoms with van der Waals surface area (Å²) < 4.78 is 40.7. The standard InChI is InChI=1S/C16H18F3N5O3/c1-8-10(9(2)24-15(22-8)20-7-21-24)3-4-13(25)23-5-11(14(26)27)12(6-23)16(17,18)19/h7,11-12H,3-6H2,1-2H3,(H,26,27)/t11-,12-/m1/s1. The fourth-order valence-electron chi connectivity index (χ4n) is 3.50. The molecule has 0 bridgehead atoms. The van der Waals surface area contributed by atoms with Gasteiger partial charge in [0.05, 0.1) is 11.8 Å². The van der Waals surface area contributed by atoms with Crippen LogP contribution in [0.25, 0.3) is 5.78 Å². The van der Waals surface area contributed by atoms with Gasteiger partial charge in [-0.3, -0.25) is 9.59 Å². The molecule has 0 unspecified atom stereocenters. The van der Waals surface area contributed by atoms with Crippen molar-refractivity contribution in [3.05, 3.63) is 23.3 Å². The van der Waals surface area contributed by atoms with Crippen molar-refractivity contribution in [1.29, 1.82) is 0 Å². The van der Waals surface area contributed by atoms with E-state index >= 15 is 0 Å². The van der Waals surface area contributed by atoms with Crippen LogP contribution in [0.15, 0.2) is 6.33 Å². The zero-order valence-corrected chi connectivity index (χ0v) is 14.7. The second kappa shape index (κ2) is 6.78. The number of carbonyl (C=O) groups is 2. The van der Waals surface area contributed by atoms with E-state index in [0.717, 1.165) is 16.2 Å². The number of carboxylic acids is 1. The van der Waals surface area contributed by atoms with Crippen LogP contribution < -0.4 is 0 Å². The Bertz CT molecular complexity index is 895. The molecule has 11 heteroatoms. The summed E-state index contributed by atoms with van der Waals surface area (Å²) in [7, 11) is 0. The lowest BCUT2D eigenvalue weighted by Crippen LogP contribution is -2.34. The summed E-state index contributed by atoms with van der Waals surface area (Å²) in [5.74, 6) is -5.30. The molecule has 0 aromatic carbocycles. The predicted octanol–water partition coefficient (Wildman–Crippen LogP) is 1.40. The fourth-order valence-corrected chi connectivity index (χ4v) is 3.50. The largest absolute Gasteiger partial charge is 0.481 e. The summed E-state index contributed by atoms with van der Waals surface area (Å²) in [6.45, 7) is 2.50. The molecule has 8 nitrogen and oxygen atoms in total. The van der Waals surface area contributed by atoms with Crippen LogP contribution in [0.1, 0.15) is 23.4 Å². The van der Waals surface area contributed by atoms with Crippen LogP contribution in [0.3, 0.4) is 0 Å². The number of hydrogen-bond acceptors (Lipinski definition) is 5. The number of fused-ring (bicyclic) bond motifs is 1. The minimum Gasteiger partial charge on any atom is -0.481 e. The number of likely N-dealkylation sites (tertiary alicyclic amines) is 1. The van der Waals surface area contributed by atoms with E-state index in [1.54, 1.807) is 13.8 Å². The van der Waals surface area contributed by atoms with Crippen molar-refractivity contribution in [3.63, 3.8) is 0 Å². The van der Waals surface area contributed by atoms with Gasteiger partial charge in [-0.1, -0.05) is 0 Å². The van der Waals surface area contributed by atoms with Crippen molar-refractivity contribution >= 4 is 17.7 Å². The SMILES string of the molecule is Cc1nc2ncnn2c(C)c1CCC(=O)N1C[C@@H](C(F)(F)F)[C@H](C(=O)O)C1. The quantitative estimate of drug-likeness (QED) is 0.854. The van der Waals surface area contributed by atoms with Gasteiger partial charge < -0.3 is 10.0 Å². The zero-order valence-electron chi connectivity index (χ0n) is 14.7. The number of carbonyl (C=O) groups excluding carboxylic acids is 1. The van der Waals surface area contributed by atoms with E-state index in [4.69, 9.17) is 5.11 Å². The number of carboxylic acid groups (broad SMARTS) is 1. The minimum absolute atomic E-state index is 0.0412. The normalized spacial score (nSPS) is 20.4. The molecule has 3 heterocycles. The molecule has 2 aromatic heterocycles. The topological polar surface area (TPSA) is 101 Å². The van der Waals surface area contributed by atoms with Crippen molar-refractivity contribution in [2.24, 2.45) is 11.8 Å². The number of amides is 1. The van der Waals surface area contributed by atoms with Crippen LogP contribution in [0, 0.1) is 25.7 Å². The zero-order chi connectivity index (χ0) is 19.9. The van der Waals surface area contributed by atoms with Gasteiger partial charge in [-0.25, -0.2) is 9.50 Å². The number of aromatic nitrogens is 4. The van der Waals surface area contributed by atoms with Crippen LogP contribution in [0.4, 0.5) is 13.2 Å². The first-order chi connectivity index (χ1) is 12.6. The molecule has 27 heavy (non-hydrogen) atoms. The van der Waals surface area contributed by atoms with Gasteiger partial charge in [0.15, 0.2) is 0 Å². The van der Waals surface area contributed by atoms with E-state index in [0.29, 0.717) is 11.5 Å². The van der Waals surface area contributed by atoms with Gasteiger partial charge in [0.25, 0.3) is 5.78 Å². The van der Waals surface area contributed by atoms with Crippen LogP contribution in [-0.4, -0.2) is 60.7 Å². The number of aliphatic carboxylic acids is 1. The number of alkyl halides is 3. The first-order valence-corrected chi connectivity index (χ1v) is 8.32. The van der Waals surface area contributed by atoms with Gasteiger partial charge in [0.2, 0.25) is 5.91 Å². The molecule has 0 saturated carbocycles. The molecule has 0 radical (unpaired) electrons. The number of nitrogens with zero attached hydrogens (tertiary/aromatic N) is 5. The van der Waals surface area contributed by atoms with Gasteiger partial charge in [-0.15, -0.1) is 0 Å². The number of rotatable bonds is 4. The van der Waals surface area contributed by atoms with E-state index in [9.17, 15) is 22.8 Å². The van der Waals surface area contributed by atoms with Crippen molar-refractivity contribution in [2.45, 2.75) is 32.9 Å². The van der Waals surface area contributed by atoms with E-state index in [-0.39, 0.29) is 12.8 Å². The van der Waals surface area contributed by atoms with Crippen molar-refractivity contribution in [2.75, 3.05) is 13.1 Å². The molecular weight excluding hydrogens is 367 g/mol. The Balaban J connectivity index is 1.72. The first-order valence-electron chi connectivity index (χ1n) is 8.32. The average molecular weight is 385 g/mol.